The van der Waals surface area contributed by atoms with Gasteiger partial charge in [0.2, 0.25) is 10.0 Å². The lowest BCUT2D eigenvalue weighted by Gasteiger charge is -2.26. The van der Waals surface area contributed by atoms with E-state index in [9.17, 15) is 13.2 Å². The van der Waals surface area contributed by atoms with Gasteiger partial charge in [0, 0.05) is 25.2 Å². The van der Waals surface area contributed by atoms with Gasteiger partial charge in [-0.05, 0) is 42.3 Å². The highest BCUT2D eigenvalue weighted by Crippen LogP contribution is 2.15. The molecule has 0 unspecified atom stereocenters. The van der Waals surface area contributed by atoms with Crippen LogP contribution in [-0.2, 0) is 27.1 Å². The standard InChI is InChI=1S/C21H26N2O5S/c1-2-28-20-9-5-17(6-10-20)15-22-21(24)19-7-3-18(4-8-19)16-29(25,26)23-11-13-27-14-12-23/h3-10H,2,11-16H2,1H3,(H,22,24). The van der Waals surface area contributed by atoms with Crippen LogP contribution in [0, 0.1) is 0 Å². The molecule has 2 aromatic rings. The van der Waals surface area contributed by atoms with E-state index in [4.69, 9.17) is 9.47 Å². The van der Waals surface area contributed by atoms with Crippen molar-refractivity contribution < 1.29 is 22.7 Å². The molecule has 156 valence electrons. The fraction of sp³-hybridized carbons (Fsp3) is 0.381. The van der Waals surface area contributed by atoms with Crippen LogP contribution < -0.4 is 10.1 Å². The lowest BCUT2D eigenvalue weighted by molar-refractivity contribution is 0.0729. The normalized spacial score (nSPS) is 15.1. The maximum atomic E-state index is 12.5. The Morgan fingerprint density at radius 3 is 2.28 bits per heavy atom. The van der Waals surface area contributed by atoms with Gasteiger partial charge in [-0.2, -0.15) is 4.31 Å². The Bertz CT molecular complexity index is 905. The number of carbonyl (C=O) groups excluding carboxylic acids is 1. The number of morpholine rings is 1. The third-order valence-electron chi connectivity index (χ3n) is 4.62. The first-order chi connectivity index (χ1) is 14.0. The Balaban J connectivity index is 1.54. The topological polar surface area (TPSA) is 84.9 Å². The third kappa shape index (κ3) is 6.03. The highest BCUT2D eigenvalue weighted by atomic mass is 32.2. The van der Waals surface area contributed by atoms with Gasteiger partial charge in [-0.25, -0.2) is 8.42 Å². The molecular formula is C21H26N2O5S. The van der Waals surface area contributed by atoms with Gasteiger partial charge in [0.25, 0.3) is 5.91 Å². The molecular weight excluding hydrogens is 392 g/mol. The second kappa shape index (κ2) is 9.87. The molecule has 29 heavy (non-hydrogen) atoms. The predicted molar refractivity (Wildman–Crippen MR) is 110 cm³/mol. The highest BCUT2D eigenvalue weighted by Gasteiger charge is 2.24. The summed E-state index contributed by atoms with van der Waals surface area (Å²) in [6.07, 6.45) is 0. The minimum absolute atomic E-state index is 0.0823. The van der Waals surface area contributed by atoms with E-state index in [1.807, 2.05) is 31.2 Å². The van der Waals surface area contributed by atoms with Gasteiger partial charge in [0.1, 0.15) is 5.75 Å². The van der Waals surface area contributed by atoms with E-state index in [0.29, 0.717) is 50.6 Å². The lowest BCUT2D eigenvalue weighted by Crippen LogP contribution is -2.41. The Hall–Kier alpha value is -2.42. The highest BCUT2D eigenvalue weighted by molar-refractivity contribution is 7.88. The maximum absolute atomic E-state index is 12.5. The predicted octanol–water partition coefficient (Wildman–Crippen LogP) is 2.18. The average molecular weight is 419 g/mol. The fourth-order valence-electron chi connectivity index (χ4n) is 3.03. The molecule has 1 heterocycles. The molecule has 7 nitrogen and oxygen atoms in total. The van der Waals surface area contributed by atoms with Gasteiger partial charge in [-0.3, -0.25) is 4.79 Å². The molecule has 0 saturated carbocycles. The smallest absolute Gasteiger partial charge is 0.251 e. The third-order valence-corrected chi connectivity index (χ3v) is 6.47. The van der Waals surface area contributed by atoms with Crippen molar-refractivity contribution in [2.24, 2.45) is 0 Å². The molecule has 1 aliphatic heterocycles. The first kappa shape index (κ1) is 21.3. The maximum Gasteiger partial charge on any atom is 0.251 e. The van der Waals surface area contributed by atoms with E-state index < -0.39 is 10.0 Å². The van der Waals surface area contributed by atoms with Gasteiger partial charge in [-0.1, -0.05) is 24.3 Å². The molecule has 0 aliphatic carbocycles. The van der Waals surface area contributed by atoms with Crippen LogP contribution in [0.2, 0.25) is 0 Å². The molecule has 1 fully saturated rings. The Labute approximate surface area is 171 Å². The molecule has 1 aliphatic rings. The Kier molecular flexibility index (Phi) is 7.24. The summed E-state index contributed by atoms with van der Waals surface area (Å²) in [5, 5.41) is 2.87. The minimum atomic E-state index is -3.38. The zero-order chi connectivity index (χ0) is 20.7. The lowest BCUT2D eigenvalue weighted by atomic mass is 10.1. The number of sulfonamides is 1. The zero-order valence-electron chi connectivity index (χ0n) is 16.5. The number of nitrogens with zero attached hydrogens (tertiary/aromatic N) is 1. The van der Waals surface area contributed by atoms with Crippen LogP contribution in [0.15, 0.2) is 48.5 Å². The number of hydrogen-bond acceptors (Lipinski definition) is 5. The average Bonchev–Trinajstić information content (AvgIpc) is 2.74. The number of benzene rings is 2. The molecule has 1 saturated heterocycles. The van der Waals surface area contributed by atoms with Crippen molar-refractivity contribution in [3.63, 3.8) is 0 Å². The molecule has 8 heteroatoms. The number of ether oxygens (including phenoxy) is 2. The van der Waals surface area contributed by atoms with E-state index in [0.717, 1.165) is 11.3 Å². The Morgan fingerprint density at radius 2 is 1.66 bits per heavy atom. The van der Waals surface area contributed by atoms with Crippen molar-refractivity contribution >= 4 is 15.9 Å². The molecule has 1 N–H and O–H groups in total. The van der Waals surface area contributed by atoms with E-state index >= 15 is 0 Å². The van der Waals surface area contributed by atoms with Crippen LogP contribution in [0.25, 0.3) is 0 Å². The molecule has 2 aromatic carbocycles. The molecule has 1 amide bonds. The summed E-state index contributed by atoms with van der Waals surface area (Å²) in [6.45, 7) is 4.55. The molecule has 0 spiro atoms. The van der Waals surface area contributed by atoms with Gasteiger partial charge in [0.05, 0.1) is 25.6 Å². The summed E-state index contributed by atoms with van der Waals surface area (Å²) in [4.78, 5) is 12.4. The summed E-state index contributed by atoms with van der Waals surface area (Å²) in [5.41, 5.74) is 2.11. The second-order valence-electron chi connectivity index (χ2n) is 6.72. The van der Waals surface area contributed by atoms with Gasteiger partial charge in [-0.15, -0.1) is 0 Å². The number of hydrogen-bond donors (Lipinski definition) is 1. The second-order valence-corrected chi connectivity index (χ2v) is 8.69. The van der Waals surface area contributed by atoms with Crippen LogP contribution in [0.5, 0.6) is 5.75 Å². The zero-order valence-corrected chi connectivity index (χ0v) is 17.3. The fourth-order valence-corrected chi connectivity index (χ4v) is 4.54. The number of nitrogens with one attached hydrogen (secondary N) is 1. The van der Waals surface area contributed by atoms with Gasteiger partial charge < -0.3 is 14.8 Å². The number of amides is 1. The van der Waals surface area contributed by atoms with Gasteiger partial charge >= 0.3 is 0 Å². The Morgan fingerprint density at radius 1 is 1.03 bits per heavy atom. The van der Waals surface area contributed by atoms with Crippen molar-refractivity contribution in [1.29, 1.82) is 0 Å². The van der Waals surface area contributed by atoms with Crippen LogP contribution in [0.1, 0.15) is 28.4 Å². The summed E-state index contributed by atoms with van der Waals surface area (Å²) < 4.78 is 37.0. The monoisotopic (exact) mass is 418 g/mol. The summed E-state index contributed by atoms with van der Waals surface area (Å²) in [5.74, 6) is 0.507. The van der Waals surface area contributed by atoms with Crippen molar-refractivity contribution in [2.75, 3.05) is 32.9 Å². The molecule has 0 radical (unpaired) electrons. The summed E-state index contributed by atoms with van der Waals surface area (Å²) >= 11 is 0. The van der Waals surface area contributed by atoms with Crippen LogP contribution >= 0.6 is 0 Å². The van der Waals surface area contributed by atoms with Crippen molar-refractivity contribution in [3.8, 4) is 5.75 Å². The molecule has 0 aromatic heterocycles. The van der Waals surface area contributed by atoms with E-state index in [1.165, 1.54) is 4.31 Å². The van der Waals surface area contributed by atoms with E-state index in [2.05, 4.69) is 5.32 Å². The van der Waals surface area contributed by atoms with Gasteiger partial charge in [0.15, 0.2) is 0 Å². The summed E-state index contributed by atoms with van der Waals surface area (Å²) in [6, 6.07) is 14.2. The van der Waals surface area contributed by atoms with Crippen molar-refractivity contribution in [3.05, 3.63) is 65.2 Å². The number of rotatable bonds is 8. The molecule has 0 atom stereocenters. The minimum Gasteiger partial charge on any atom is -0.494 e. The van der Waals surface area contributed by atoms with E-state index in [-0.39, 0.29) is 11.7 Å². The molecule has 0 bridgehead atoms. The SMILES string of the molecule is CCOc1ccc(CNC(=O)c2ccc(CS(=O)(=O)N3CCOCC3)cc2)cc1. The molecule has 3 rings (SSSR count). The first-order valence-corrected chi connectivity index (χ1v) is 11.2. The van der Waals surface area contributed by atoms with Crippen LogP contribution in [0.3, 0.4) is 0 Å². The first-order valence-electron chi connectivity index (χ1n) is 9.62. The summed E-state index contributed by atoms with van der Waals surface area (Å²) in [7, 11) is -3.38. The van der Waals surface area contributed by atoms with Crippen LogP contribution in [-0.4, -0.2) is 51.5 Å². The van der Waals surface area contributed by atoms with Crippen molar-refractivity contribution in [1.82, 2.24) is 9.62 Å². The largest absolute Gasteiger partial charge is 0.494 e. The van der Waals surface area contributed by atoms with E-state index in [1.54, 1.807) is 24.3 Å². The number of carbonyl (C=O) groups is 1. The van der Waals surface area contributed by atoms with Crippen molar-refractivity contribution in [2.45, 2.75) is 19.2 Å². The quantitative estimate of drug-likeness (QED) is 0.710. The van der Waals surface area contributed by atoms with Crippen LogP contribution in [0.4, 0.5) is 0 Å².